The van der Waals surface area contributed by atoms with E-state index in [-0.39, 0.29) is 17.9 Å². The Morgan fingerprint density at radius 3 is 2.68 bits per heavy atom. The molecule has 1 amide bonds. The third-order valence-electron chi connectivity index (χ3n) is 4.50. The van der Waals surface area contributed by atoms with Gasteiger partial charge in [-0.2, -0.15) is 0 Å². The van der Waals surface area contributed by atoms with Gasteiger partial charge in [-0.15, -0.1) is 0 Å². The van der Waals surface area contributed by atoms with Crippen molar-refractivity contribution in [1.29, 1.82) is 0 Å². The Morgan fingerprint density at radius 2 is 2.00 bits per heavy atom. The molecule has 110 valence electrons. The predicted octanol–water partition coefficient (Wildman–Crippen LogP) is 1.65. The van der Waals surface area contributed by atoms with Crippen LogP contribution in [0.3, 0.4) is 0 Å². The summed E-state index contributed by atoms with van der Waals surface area (Å²) in [5.41, 5.74) is 0. The van der Waals surface area contributed by atoms with E-state index in [1.807, 2.05) is 11.9 Å². The fourth-order valence-corrected chi connectivity index (χ4v) is 3.39. The van der Waals surface area contributed by atoms with Gasteiger partial charge in [-0.25, -0.2) is 0 Å². The molecule has 2 rings (SSSR count). The first kappa shape index (κ1) is 14.8. The Balaban J connectivity index is 1.83. The Bertz CT molecular complexity index is 290. The van der Waals surface area contributed by atoms with Crippen LogP contribution < -0.4 is 5.32 Å². The van der Waals surface area contributed by atoms with Gasteiger partial charge in [0.05, 0.1) is 19.1 Å². The second-order valence-electron chi connectivity index (χ2n) is 6.03. The maximum atomic E-state index is 12.5. The lowest BCUT2D eigenvalue weighted by molar-refractivity contribution is -0.135. The fourth-order valence-electron chi connectivity index (χ4n) is 3.39. The molecule has 0 aromatic rings. The van der Waals surface area contributed by atoms with E-state index in [9.17, 15) is 4.79 Å². The normalized spacial score (nSPS) is 28.5. The van der Waals surface area contributed by atoms with Gasteiger partial charge in [-0.3, -0.25) is 4.79 Å². The number of amides is 1. The number of rotatable bonds is 5. The number of hydrogen-bond donors (Lipinski definition) is 1. The van der Waals surface area contributed by atoms with Crippen LogP contribution in [0.4, 0.5) is 0 Å². The van der Waals surface area contributed by atoms with E-state index in [0.29, 0.717) is 19.1 Å². The summed E-state index contributed by atoms with van der Waals surface area (Å²) >= 11 is 0. The largest absolute Gasteiger partial charge is 0.379 e. The molecular weight excluding hydrogens is 240 g/mol. The van der Waals surface area contributed by atoms with Gasteiger partial charge in [0.25, 0.3) is 0 Å². The van der Waals surface area contributed by atoms with E-state index in [0.717, 1.165) is 13.1 Å². The summed E-state index contributed by atoms with van der Waals surface area (Å²) in [6, 6.07) is 0.200. The molecule has 1 aliphatic carbocycles. The number of ether oxygens (including phenoxy) is 1. The molecule has 0 aromatic carbocycles. The SMILES string of the molecule is CCNC1COCC1C(=O)N(C)CC1CCCCC1. The Labute approximate surface area is 116 Å². The van der Waals surface area contributed by atoms with Gasteiger partial charge in [0.2, 0.25) is 5.91 Å². The molecule has 2 atom stereocenters. The number of likely N-dealkylation sites (N-methyl/N-ethyl adjacent to an activating group) is 1. The second kappa shape index (κ2) is 7.25. The highest BCUT2D eigenvalue weighted by Gasteiger charge is 2.35. The van der Waals surface area contributed by atoms with Crippen molar-refractivity contribution in [2.24, 2.45) is 11.8 Å². The minimum Gasteiger partial charge on any atom is -0.379 e. The van der Waals surface area contributed by atoms with Crippen molar-refractivity contribution in [2.75, 3.05) is 33.4 Å². The fraction of sp³-hybridized carbons (Fsp3) is 0.933. The summed E-state index contributed by atoms with van der Waals surface area (Å²) in [4.78, 5) is 14.5. The average molecular weight is 268 g/mol. The maximum Gasteiger partial charge on any atom is 0.229 e. The molecule has 1 heterocycles. The average Bonchev–Trinajstić information content (AvgIpc) is 2.87. The van der Waals surface area contributed by atoms with E-state index < -0.39 is 0 Å². The zero-order valence-electron chi connectivity index (χ0n) is 12.4. The molecule has 1 saturated carbocycles. The van der Waals surface area contributed by atoms with Gasteiger partial charge < -0.3 is 15.0 Å². The number of carbonyl (C=O) groups is 1. The monoisotopic (exact) mass is 268 g/mol. The number of nitrogens with zero attached hydrogens (tertiary/aromatic N) is 1. The minimum absolute atomic E-state index is 0.00791. The summed E-state index contributed by atoms with van der Waals surface area (Å²) in [5.74, 6) is 0.977. The number of carbonyl (C=O) groups excluding carboxylic acids is 1. The standard InChI is InChI=1S/C15H28N2O2/c1-3-16-14-11-19-10-13(14)15(18)17(2)9-12-7-5-4-6-8-12/h12-14,16H,3-11H2,1-2H3. The summed E-state index contributed by atoms with van der Waals surface area (Å²) in [7, 11) is 1.96. The van der Waals surface area contributed by atoms with Crippen molar-refractivity contribution in [2.45, 2.75) is 45.1 Å². The predicted molar refractivity (Wildman–Crippen MR) is 76.0 cm³/mol. The lowest BCUT2D eigenvalue weighted by Crippen LogP contribution is -2.45. The first-order valence-corrected chi connectivity index (χ1v) is 7.78. The van der Waals surface area contributed by atoms with Gasteiger partial charge >= 0.3 is 0 Å². The highest BCUT2D eigenvalue weighted by atomic mass is 16.5. The number of hydrogen-bond acceptors (Lipinski definition) is 3. The highest BCUT2D eigenvalue weighted by molar-refractivity contribution is 5.79. The van der Waals surface area contributed by atoms with Crippen LogP contribution >= 0.6 is 0 Å². The van der Waals surface area contributed by atoms with Crippen molar-refractivity contribution >= 4 is 5.91 Å². The summed E-state index contributed by atoms with van der Waals surface area (Å²) < 4.78 is 5.47. The quantitative estimate of drug-likeness (QED) is 0.824. The van der Waals surface area contributed by atoms with Crippen LogP contribution in [0.1, 0.15) is 39.0 Å². The summed E-state index contributed by atoms with van der Waals surface area (Å²) in [5, 5.41) is 3.36. The Hall–Kier alpha value is -0.610. The zero-order valence-corrected chi connectivity index (χ0v) is 12.4. The van der Waals surface area contributed by atoms with Crippen LogP contribution in [0, 0.1) is 11.8 Å². The first-order chi connectivity index (χ1) is 9.22. The second-order valence-corrected chi connectivity index (χ2v) is 6.03. The van der Waals surface area contributed by atoms with Gasteiger partial charge in [0, 0.05) is 19.6 Å². The van der Waals surface area contributed by atoms with E-state index in [4.69, 9.17) is 4.74 Å². The molecule has 4 heteroatoms. The first-order valence-electron chi connectivity index (χ1n) is 7.78. The molecule has 2 unspecified atom stereocenters. The van der Waals surface area contributed by atoms with Gasteiger partial charge in [0.1, 0.15) is 0 Å². The molecule has 0 radical (unpaired) electrons. The van der Waals surface area contributed by atoms with Gasteiger partial charge in [-0.1, -0.05) is 26.2 Å². The van der Waals surface area contributed by atoms with E-state index in [1.54, 1.807) is 0 Å². The van der Waals surface area contributed by atoms with Crippen molar-refractivity contribution in [1.82, 2.24) is 10.2 Å². The van der Waals surface area contributed by atoms with Crippen LogP contribution in [0.15, 0.2) is 0 Å². The van der Waals surface area contributed by atoms with Crippen LogP contribution in [0.25, 0.3) is 0 Å². The van der Waals surface area contributed by atoms with E-state index in [1.165, 1.54) is 32.1 Å². The van der Waals surface area contributed by atoms with Gasteiger partial charge in [0.15, 0.2) is 0 Å². The molecule has 1 aliphatic heterocycles. The third kappa shape index (κ3) is 3.93. The topological polar surface area (TPSA) is 41.6 Å². The molecule has 0 bridgehead atoms. The molecule has 0 spiro atoms. The zero-order chi connectivity index (χ0) is 13.7. The molecule has 2 fully saturated rings. The Morgan fingerprint density at radius 1 is 1.26 bits per heavy atom. The van der Waals surface area contributed by atoms with Crippen LogP contribution in [-0.4, -0.2) is 50.2 Å². The lowest BCUT2D eigenvalue weighted by atomic mass is 9.88. The van der Waals surface area contributed by atoms with Gasteiger partial charge in [-0.05, 0) is 25.3 Å². The van der Waals surface area contributed by atoms with E-state index in [2.05, 4.69) is 12.2 Å². The van der Waals surface area contributed by atoms with Crippen LogP contribution in [0.2, 0.25) is 0 Å². The third-order valence-corrected chi connectivity index (χ3v) is 4.50. The maximum absolute atomic E-state index is 12.5. The minimum atomic E-state index is 0.00791. The molecule has 1 N–H and O–H groups in total. The van der Waals surface area contributed by atoms with Crippen LogP contribution in [0.5, 0.6) is 0 Å². The smallest absolute Gasteiger partial charge is 0.229 e. The van der Waals surface area contributed by atoms with Crippen molar-refractivity contribution in [3.63, 3.8) is 0 Å². The van der Waals surface area contributed by atoms with Crippen molar-refractivity contribution in [3.05, 3.63) is 0 Å². The molecule has 1 saturated heterocycles. The molecule has 0 aromatic heterocycles. The highest BCUT2D eigenvalue weighted by Crippen LogP contribution is 2.25. The van der Waals surface area contributed by atoms with E-state index >= 15 is 0 Å². The molecule has 19 heavy (non-hydrogen) atoms. The van der Waals surface area contributed by atoms with Crippen molar-refractivity contribution in [3.8, 4) is 0 Å². The molecule has 2 aliphatic rings. The molecular formula is C15H28N2O2. The Kier molecular flexibility index (Phi) is 5.64. The van der Waals surface area contributed by atoms with Crippen molar-refractivity contribution < 1.29 is 9.53 Å². The lowest BCUT2D eigenvalue weighted by Gasteiger charge is -2.29. The summed E-state index contributed by atoms with van der Waals surface area (Å²) in [6.07, 6.45) is 6.61. The number of nitrogens with one attached hydrogen (secondary N) is 1. The van der Waals surface area contributed by atoms with Crippen LogP contribution in [-0.2, 0) is 9.53 Å². The summed E-state index contributed by atoms with van der Waals surface area (Å²) in [6.45, 7) is 5.14. The molecule has 4 nitrogen and oxygen atoms in total.